The number of cyclic esters (lactones) is 1. The number of Topliss-reactive ketones (excluding diaryl/α,β-unsaturated/α-hetero) is 2. The summed E-state index contributed by atoms with van der Waals surface area (Å²) < 4.78 is 35.7. The minimum atomic E-state index is -2.50. The van der Waals surface area contributed by atoms with Crippen LogP contribution in [0.25, 0.3) is 0 Å². The van der Waals surface area contributed by atoms with Gasteiger partial charge in [0.2, 0.25) is 5.79 Å². The molecule has 3 heterocycles. The van der Waals surface area contributed by atoms with Crippen molar-refractivity contribution >= 4 is 23.4 Å². The number of ketones is 2. The lowest BCUT2D eigenvalue weighted by Gasteiger charge is -2.47. The molecule has 3 aliphatic heterocycles. The van der Waals surface area contributed by atoms with Gasteiger partial charge >= 0.3 is 5.97 Å². The third kappa shape index (κ3) is 11.3. The fourth-order valence-corrected chi connectivity index (χ4v) is 9.68. The van der Waals surface area contributed by atoms with Gasteiger partial charge in [-0.25, -0.2) is 4.79 Å². The maximum absolute atomic E-state index is 14.4. The predicted octanol–water partition coefficient (Wildman–Crippen LogP) is 5.29. The summed E-state index contributed by atoms with van der Waals surface area (Å²) in [5.74, 6) is -7.56. The Balaban J connectivity index is 1.78. The van der Waals surface area contributed by atoms with Crippen molar-refractivity contribution in [1.82, 2.24) is 4.90 Å². The lowest BCUT2D eigenvalue weighted by atomic mass is 9.81. The molecule has 1 aliphatic carbocycles. The number of nitrogens with zero attached hydrogens (tertiary/aromatic N) is 1. The molecular weight excluding hydrogens is 746 g/mol. The first-order chi connectivity index (χ1) is 27.5. The van der Waals surface area contributed by atoms with Crippen molar-refractivity contribution in [3.05, 3.63) is 36.0 Å². The number of methoxy groups -OCH3 is 4. The summed E-state index contributed by atoms with van der Waals surface area (Å²) in [6.07, 6.45) is 6.48. The second kappa shape index (κ2) is 21.7. The Kier molecular flexibility index (Phi) is 17.9. The Morgan fingerprint density at radius 2 is 1.57 bits per heavy atom. The maximum Gasteiger partial charge on any atom is 0.329 e. The van der Waals surface area contributed by atoms with Crippen molar-refractivity contribution in [3.8, 4) is 0 Å². The lowest BCUT2D eigenvalue weighted by molar-refractivity contribution is -0.302. The predicted molar refractivity (Wildman–Crippen MR) is 217 cm³/mol. The summed E-state index contributed by atoms with van der Waals surface area (Å²) in [4.78, 5) is 58.0. The van der Waals surface area contributed by atoms with E-state index in [-0.39, 0.29) is 55.6 Å². The van der Waals surface area contributed by atoms with Crippen LogP contribution in [0.1, 0.15) is 105 Å². The smallest absolute Gasteiger partial charge is 0.329 e. The highest BCUT2D eigenvalue weighted by Crippen LogP contribution is 2.39. The molecule has 2 N–H and O–H groups in total. The Bertz CT molecular complexity index is 1500. The number of ether oxygens (including phenoxy) is 6. The molecule has 2 bridgehead atoms. The van der Waals surface area contributed by atoms with Crippen LogP contribution >= 0.6 is 0 Å². The van der Waals surface area contributed by atoms with Crippen molar-refractivity contribution < 1.29 is 57.8 Å². The number of aliphatic hydroxyl groups is 2. The van der Waals surface area contributed by atoms with Gasteiger partial charge in [-0.05, 0) is 95.5 Å². The Morgan fingerprint density at radius 3 is 2.21 bits per heavy atom. The van der Waals surface area contributed by atoms with E-state index in [2.05, 4.69) is 12.7 Å². The molecule has 13 nitrogen and oxygen atoms in total. The molecule has 0 radical (unpaired) electrons. The summed E-state index contributed by atoms with van der Waals surface area (Å²) in [7, 11) is 6.40. The highest BCUT2D eigenvalue weighted by Gasteiger charge is 2.56. The molecule has 1 amide bonds. The van der Waals surface area contributed by atoms with Crippen molar-refractivity contribution in [2.45, 2.75) is 160 Å². The van der Waals surface area contributed by atoms with Gasteiger partial charge < -0.3 is 43.5 Å². The number of allylic oxidation sites excluding steroid dienone is 4. The minimum Gasteiger partial charge on any atom is -0.456 e. The lowest BCUT2D eigenvalue weighted by Crippen LogP contribution is -2.64. The highest BCUT2D eigenvalue weighted by atomic mass is 16.7. The van der Waals surface area contributed by atoms with E-state index in [1.54, 1.807) is 34.1 Å². The largest absolute Gasteiger partial charge is 0.456 e. The first-order valence-corrected chi connectivity index (χ1v) is 21.3. The summed E-state index contributed by atoms with van der Waals surface area (Å²) in [5, 5.41) is 23.8. The molecule has 0 aromatic carbocycles. The van der Waals surface area contributed by atoms with Crippen LogP contribution in [-0.2, 0) is 47.6 Å². The van der Waals surface area contributed by atoms with Crippen molar-refractivity contribution in [1.29, 1.82) is 0 Å². The molecule has 0 aromatic heterocycles. The summed E-state index contributed by atoms with van der Waals surface area (Å²) in [5.41, 5.74) is 1.67. The molecule has 328 valence electrons. The van der Waals surface area contributed by atoms with Crippen LogP contribution in [0.15, 0.2) is 36.0 Å². The van der Waals surface area contributed by atoms with Crippen LogP contribution in [-0.4, -0.2) is 128 Å². The molecule has 13 heteroatoms. The maximum atomic E-state index is 14.4. The molecule has 0 aromatic rings. The van der Waals surface area contributed by atoms with E-state index in [0.29, 0.717) is 44.1 Å². The summed E-state index contributed by atoms with van der Waals surface area (Å²) >= 11 is 0. The number of esters is 1. The topological polar surface area (TPSA) is 167 Å². The van der Waals surface area contributed by atoms with Gasteiger partial charge in [-0.3, -0.25) is 14.4 Å². The molecule has 1 saturated carbocycles. The minimum absolute atomic E-state index is 0.0165. The molecule has 2 saturated heterocycles. The second-order valence-corrected chi connectivity index (χ2v) is 17.5. The fourth-order valence-electron chi connectivity index (χ4n) is 9.68. The van der Waals surface area contributed by atoms with Crippen molar-refractivity contribution in [3.63, 3.8) is 0 Å². The third-order valence-electron chi connectivity index (χ3n) is 13.2. The zero-order valence-electron chi connectivity index (χ0n) is 36.4. The third-order valence-corrected chi connectivity index (χ3v) is 13.2. The van der Waals surface area contributed by atoms with Gasteiger partial charge in [0.25, 0.3) is 11.7 Å². The number of piperidine rings is 1. The molecule has 14 atom stereocenters. The van der Waals surface area contributed by atoms with Crippen molar-refractivity contribution in [2.24, 2.45) is 29.6 Å². The standard InChI is InChI=1S/C45H71NO12/c1-11-14-32-20-26(2)19-27(3)21-38(55-9)41-39(56-10)23-29(5)45(52,58-41)42(49)43(50)46-18-13-12-15-33(46)44(51)57-40(30(6)34(47)25-35(32)48)28(4)22-31-16-17-36(53-7)37(24-31)54-8/h11,20,22,27,29-34,36-41,47,52H,1,12-19,21,23-25H2,2-10H3/b26-20-,28-22+/t27-,29+,30+,31-,32?,33-,34-,36+,37+,38?,39-,40+,41+,45+/m1/s1. The van der Waals surface area contributed by atoms with Crippen molar-refractivity contribution in [2.75, 3.05) is 35.0 Å². The number of hydrogen-bond acceptors (Lipinski definition) is 12. The van der Waals surface area contributed by atoms with Crippen LogP contribution in [0.2, 0.25) is 0 Å². The van der Waals surface area contributed by atoms with E-state index in [1.807, 2.05) is 26.8 Å². The van der Waals surface area contributed by atoms with E-state index < -0.39 is 77.8 Å². The number of amides is 1. The SMILES string of the molecule is C=CCC1/C=C(/C)C[C@@H](C)CC(OC)[C@@H]2O[C@](O)(C(=O)C(=O)N3CCCC[C@@H]3C(=O)O[C@@H](/C(C)=C/[C@H]3CC[C@H](OC)[C@@H](OC)C3)[C@@H](C)[C@H](O)CC1=O)[C@@H](C)C[C@H]2OC. The zero-order valence-corrected chi connectivity index (χ0v) is 36.4. The average Bonchev–Trinajstić information content (AvgIpc) is 3.21. The number of carbonyl (C=O) groups excluding carboxylic acids is 4. The molecular formula is C45H71NO12. The number of rotatable bonds is 8. The van der Waals surface area contributed by atoms with Gasteiger partial charge in [0.15, 0.2) is 0 Å². The Labute approximate surface area is 345 Å². The Morgan fingerprint density at radius 1 is 0.914 bits per heavy atom. The number of hydrogen-bond donors (Lipinski definition) is 2. The average molecular weight is 818 g/mol. The fraction of sp³-hybridized carbons (Fsp3) is 0.778. The molecule has 2 unspecified atom stereocenters. The first kappa shape index (κ1) is 47.9. The quantitative estimate of drug-likeness (QED) is 0.185. The molecule has 4 rings (SSSR count). The second-order valence-electron chi connectivity index (χ2n) is 17.5. The van der Waals surface area contributed by atoms with Gasteiger partial charge in [0.05, 0.1) is 30.5 Å². The highest BCUT2D eigenvalue weighted by molar-refractivity contribution is 6.39. The number of aliphatic hydroxyl groups excluding tert-OH is 1. The molecule has 0 spiro atoms. The molecule has 4 aliphatic rings. The summed E-state index contributed by atoms with van der Waals surface area (Å²) in [6.45, 7) is 13.2. The van der Waals surface area contributed by atoms with Gasteiger partial charge in [-0.2, -0.15) is 0 Å². The van der Waals surface area contributed by atoms with E-state index in [1.165, 1.54) is 19.1 Å². The monoisotopic (exact) mass is 817 g/mol. The van der Waals surface area contributed by atoms with E-state index in [0.717, 1.165) is 18.4 Å². The van der Waals surface area contributed by atoms with Crippen LogP contribution in [0.4, 0.5) is 0 Å². The molecule has 3 fully saturated rings. The van der Waals surface area contributed by atoms with E-state index in [4.69, 9.17) is 28.4 Å². The Hall–Kier alpha value is -2.78. The molecule has 58 heavy (non-hydrogen) atoms. The normalized spacial score (nSPS) is 40.5. The van der Waals surface area contributed by atoms with Gasteiger partial charge in [0, 0.05) is 59.2 Å². The zero-order chi connectivity index (χ0) is 42.9. The van der Waals surface area contributed by atoms with E-state index in [9.17, 15) is 29.4 Å². The van der Waals surface area contributed by atoms with Crippen LogP contribution < -0.4 is 0 Å². The van der Waals surface area contributed by atoms with Crippen LogP contribution in [0, 0.1) is 29.6 Å². The number of carbonyl (C=O) groups is 4. The van der Waals surface area contributed by atoms with Crippen LogP contribution in [0.3, 0.4) is 0 Å². The summed E-state index contributed by atoms with van der Waals surface area (Å²) in [6, 6.07) is -1.13. The number of fused-ring (bicyclic) bond motifs is 3. The van der Waals surface area contributed by atoms with Crippen LogP contribution in [0.5, 0.6) is 0 Å². The van der Waals surface area contributed by atoms with Gasteiger partial charge in [-0.15, -0.1) is 6.58 Å². The first-order valence-electron chi connectivity index (χ1n) is 21.3. The van der Waals surface area contributed by atoms with E-state index >= 15 is 0 Å². The van der Waals surface area contributed by atoms with Gasteiger partial charge in [-0.1, -0.05) is 44.6 Å². The van der Waals surface area contributed by atoms with Gasteiger partial charge in [0.1, 0.15) is 24.0 Å².